The second-order valence-corrected chi connectivity index (χ2v) is 8.70. The first-order chi connectivity index (χ1) is 11.9. The van der Waals surface area contributed by atoms with Crippen LogP contribution in [0.2, 0.25) is 0 Å². The monoisotopic (exact) mass is 360 g/mol. The first-order valence-corrected chi connectivity index (χ1v) is 9.86. The topological polar surface area (TPSA) is 80.7 Å². The predicted molar refractivity (Wildman–Crippen MR) is 94.5 cm³/mol. The number of benzene rings is 2. The molecule has 0 spiro atoms. The summed E-state index contributed by atoms with van der Waals surface area (Å²) in [6.07, 6.45) is 1.21. The third-order valence-corrected chi connectivity index (χ3v) is 7.24. The number of carboxylic acid groups (broad SMARTS) is 1. The van der Waals surface area contributed by atoms with Crippen molar-refractivity contribution in [2.24, 2.45) is 0 Å². The molecule has 6 heteroatoms. The van der Waals surface area contributed by atoms with E-state index in [1.807, 2.05) is 30.3 Å². The Morgan fingerprint density at radius 1 is 1.00 bits per heavy atom. The molecule has 1 atom stereocenters. The van der Waals surface area contributed by atoms with Gasteiger partial charge in [0, 0.05) is 0 Å². The van der Waals surface area contributed by atoms with E-state index in [-0.39, 0.29) is 5.75 Å². The molecule has 1 fully saturated rings. The molecule has 1 N–H and O–H groups in total. The number of carbonyl (C=O) groups is 1. The lowest BCUT2D eigenvalue weighted by Gasteiger charge is -2.36. The van der Waals surface area contributed by atoms with Gasteiger partial charge in [-0.15, -0.1) is 0 Å². The van der Waals surface area contributed by atoms with Crippen LogP contribution in [-0.4, -0.2) is 25.2 Å². The van der Waals surface area contributed by atoms with Gasteiger partial charge in [0.25, 0.3) is 0 Å². The SMILES string of the molecule is O=C(O)CC1(c2ccc(Oc3ccccc3)cc2)CCCCS1(=O)=O. The van der Waals surface area contributed by atoms with E-state index in [4.69, 9.17) is 4.74 Å². The van der Waals surface area contributed by atoms with Crippen molar-refractivity contribution in [2.75, 3.05) is 5.75 Å². The second-order valence-electron chi connectivity index (χ2n) is 6.28. The summed E-state index contributed by atoms with van der Waals surface area (Å²) in [6, 6.07) is 16.0. The van der Waals surface area contributed by atoms with E-state index in [1.165, 1.54) is 0 Å². The maximum absolute atomic E-state index is 12.7. The Bertz CT molecular complexity index is 843. The van der Waals surface area contributed by atoms with Crippen LogP contribution in [0.15, 0.2) is 54.6 Å². The van der Waals surface area contributed by atoms with Gasteiger partial charge in [0.1, 0.15) is 16.2 Å². The number of hydrogen-bond acceptors (Lipinski definition) is 4. The summed E-state index contributed by atoms with van der Waals surface area (Å²) in [7, 11) is -3.53. The van der Waals surface area contributed by atoms with E-state index in [0.29, 0.717) is 36.3 Å². The fraction of sp³-hybridized carbons (Fsp3) is 0.316. The summed E-state index contributed by atoms with van der Waals surface area (Å²) < 4.78 is 29.8. The zero-order chi connectivity index (χ0) is 17.9. The third kappa shape index (κ3) is 3.54. The van der Waals surface area contributed by atoms with Crippen molar-refractivity contribution in [2.45, 2.75) is 30.4 Å². The Hall–Kier alpha value is -2.34. The molecule has 1 aliphatic heterocycles. The van der Waals surface area contributed by atoms with Crippen LogP contribution in [0.4, 0.5) is 0 Å². The molecule has 5 nitrogen and oxygen atoms in total. The first-order valence-electron chi connectivity index (χ1n) is 8.20. The van der Waals surface area contributed by atoms with Gasteiger partial charge in [0.05, 0.1) is 12.2 Å². The molecule has 132 valence electrons. The molecule has 3 rings (SSSR count). The average molecular weight is 360 g/mol. The molecule has 25 heavy (non-hydrogen) atoms. The Morgan fingerprint density at radius 3 is 2.24 bits per heavy atom. The molecular formula is C19H20O5S. The molecule has 0 saturated carbocycles. The van der Waals surface area contributed by atoms with E-state index in [9.17, 15) is 18.3 Å². The molecule has 2 aromatic carbocycles. The van der Waals surface area contributed by atoms with Crippen LogP contribution in [0.1, 0.15) is 31.2 Å². The number of hydrogen-bond donors (Lipinski definition) is 1. The Kier molecular flexibility index (Phi) is 4.81. The minimum Gasteiger partial charge on any atom is -0.481 e. The quantitative estimate of drug-likeness (QED) is 0.878. The summed E-state index contributed by atoms with van der Waals surface area (Å²) in [5, 5.41) is 9.28. The second kappa shape index (κ2) is 6.88. The van der Waals surface area contributed by atoms with Gasteiger partial charge in [-0.25, -0.2) is 8.42 Å². The van der Waals surface area contributed by atoms with Crippen molar-refractivity contribution >= 4 is 15.8 Å². The van der Waals surface area contributed by atoms with Crippen LogP contribution >= 0.6 is 0 Å². The fourth-order valence-corrected chi connectivity index (χ4v) is 5.64. The molecule has 1 heterocycles. The molecule has 0 radical (unpaired) electrons. The number of aliphatic carboxylic acids is 1. The van der Waals surface area contributed by atoms with E-state index >= 15 is 0 Å². The van der Waals surface area contributed by atoms with Crippen molar-refractivity contribution in [1.29, 1.82) is 0 Å². The molecule has 1 aliphatic rings. The van der Waals surface area contributed by atoms with Crippen molar-refractivity contribution in [3.63, 3.8) is 0 Å². The number of ether oxygens (including phenoxy) is 1. The lowest BCUT2D eigenvalue weighted by atomic mass is 9.89. The van der Waals surface area contributed by atoms with Crippen LogP contribution in [0, 0.1) is 0 Å². The minimum absolute atomic E-state index is 0.0303. The van der Waals surface area contributed by atoms with Crippen LogP contribution in [-0.2, 0) is 19.4 Å². The zero-order valence-electron chi connectivity index (χ0n) is 13.7. The largest absolute Gasteiger partial charge is 0.481 e. The zero-order valence-corrected chi connectivity index (χ0v) is 14.5. The molecule has 0 amide bonds. The van der Waals surface area contributed by atoms with E-state index in [1.54, 1.807) is 24.3 Å². The first kappa shape index (κ1) is 17.5. The highest BCUT2D eigenvalue weighted by atomic mass is 32.2. The lowest BCUT2D eigenvalue weighted by Crippen LogP contribution is -2.42. The van der Waals surface area contributed by atoms with Gasteiger partial charge in [-0.05, 0) is 42.7 Å². The molecule has 0 aliphatic carbocycles. The van der Waals surface area contributed by atoms with Crippen LogP contribution < -0.4 is 4.74 Å². The van der Waals surface area contributed by atoms with Crippen molar-refractivity contribution in [1.82, 2.24) is 0 Å². The van der Waals surface area contributed by atoms with E-state index in [0.717, 1.165) is 0 Å². The lowest BCUT2D eigenvalue weighted by molar-refractivity contribution is -0.137. The van der Waals surface area contributed by atoms with E-state index in [2.05, 4.69) is 0 Å². The summed E-state index contributed by atoms with van der Waals surface area (Å²) >= 11 is 0. The summed E-state index contributed by atoms with van der Waals surface area (Å²) in [5.41, 5.74) is 0.523. The molecule has 1 unspecified atom stereocenters. The summed E-state index contributed by atoms with van der Waals surface area (Å²) in [5.74, 6) is 0.187. The highest BCUT2D eigenvalue weighted by molar-refractivity contribution is 7.92. The fourth-order valence-electron chi connectivity index (χ4n) is 3.37. The maximum Gasteiger partial charge on any atom is 0.305 e. The van der Waals surface area contributed by atoms with Gasteiger partial charge in [-0.2, -0.15) is 0 Å². The van der Waals surface area contributed by atoms with Crippen LogP contribution in [0.25, 0.3) is 0 Å². The molecular weight excluding hydrogens is 340 g/mol. The number of rotatable bonds is 5. The maximum atomic E-state index is 12.7. The number of para-hydroxylation sites is 1. The molecule has 2 aromatic rings. The van der Waals surface area contributed by atoms with Crippen LogP contribution in [0.3, 0.4) is 0 Å². The van der Waals surface area contributed by atoms with Gasteiger partial charge in [0.15, 0.2) is 9.84 Å². The third-order valence-electron chi connectivity index (χ3n) is 4.64. The van der Waals surface area contributed by atoms with Gasteiger partial charge in [-0.1, -0.05) is 36.8 Å². The minimum atomic E-state index is -3.53. The molecule has 1 saturated heterocycles. The predicted octanol–water partition coefficient (Wildman–Crippen LogP) is 3.75. The normalized spacial score (nSPS) is 22.2. The Balaban J connectivity index is 1.93. The Labute approximate surface area is 147 Å². The number of carboxylic acids is 1. The Morgan fingerprint density at radius 2 is 1.64 bits per heavy atom. The standard InChI is InChI=1S/C19H20O5S/c20-18(21)14-19(12-4-5-13-25(19,22)23)15-8-10-17(11-9-15)24-16-6-2-1-3-7-16/h1-3,6-11H,4-5,12-14H2,(H,20,21). The molecule has 0 aromatic heterocycles. The molecule has 0 bridgehead atoms. The van der Waals surface area contributed by atoms with Crippen molar-refractivity contribution < 1.29 is 23.1 Å². The van der Waals surface area contributed by atoms with Gasteiger partial charge in [0.2, 0.25) is 0 Å². The average Bonchev–Trinajstić information content (AvgIpc) is 2.58. The number of sulfone groups is 1. The highest BCUT2D eigenvalue weighted by Crippen LogP contribution is 2.43. The summed E-state index contributed by atoms with van der Waals surface area (Å²) in [4.78, 5) is 11.4. The van der Waals surface area contributed by atoms with Crippen molar-refractivity contribution in [3.05, 3.63) is 60.2 Å². The van der Waals surface area contributed by atoms with Gasteiger partial charge in [-0.3, -0.25) is 4.79 Å². The van der Waals surface area contributed by atoms with E-state index < -0.39 is 27.0 Å². The highest BCUT2D eigenvalue weighted by Gasteiger charge is 2.48. The summed E-state index contributed by atoms with van der Waals surface area (Å²) in [6.45, 7) is 0. The smallest absolute Gasteiger partial charge is 0.305 e. The van der Waals surface area contributed by atoms with Crippen molar-refractivity contribution in [3.8, 4) is 11.5 Å². The van der Waals surface area contributed by atoms with Gasteiger partial charge < -0.3 is 9.84 Å². The van der Waals surface area contributed by atoms with Crippen LogP contribution in [0.5, 0.6) is 11.5 Å². The van der Waals surface area contributed by atoms with Gasteiger partial charge >= 0.3 is 5.97 Å².